The van der Waals surface area contributed by atoms with Crippen molar-refractivity contribution in [1.82, 2.24) is 9.88 Å². The molecular formula is C24H26N4O4. The Morgan fingerprint density at radius 3 is 2.59 bits per heavy atom. The van der Waals surface area contributed by atoms with Gasteiger partial charge < -0.3 is 24.3 Å². The van der Waals surface area contributed by atoms with Gasteiger partial charge in [-0.25, -0.2) is 4.98 Å². The van der Waals surface area contributed by atoms with Gasteiger partial charge in [-0.05, 0) is 55.3 Å². The molecule has 0 aliphatic carbocycles. The molecule has 3 aromatic rings. The van der Waals surface area contributed by atoms with Crippen LogP contribution in [-0.4, -0.2) is 54.5 Å². The molecule has 1 N–H and O–H groups in total. The summed E-state index contributed by atoms with van der Waals surface area (Å²) >= 11 is 0. The molecule has 1 fully saturated rings. The van der Waals surface area contributed by atoms with Gasteiger partial charge in [-0.3, -0.25) is 9.59 Å². The van der Waals surface area contributed by atoms with Crippen molar-refractivity contribution in [1.29, 1.82) is 0 Å². The molecule has 2 amide bonds. The zero-order chi connectivity index (χ0) is 22.5. The monoisotopic (exact) mass is 434 g/mol. The summed E-state index contributed by atoms with van der Waals surface area (Å²) in [5.41, 5.74) is 2.67. The van der Waals surface area contributed by atoms with Gasteiger partial charge in [-0.1, -0.05) is 12.1 Å². The normalized spacial score (nSPS) is 13.7. The Bertz CT molecular complexity index is 1070. The Morgan fingerprint density at radius 1 is 1.09 bits per heavy atom. The molecule has 3 heterocycles. The highest BCUT2D eigenvalue weighted by Gasteiger charge is 2.24. The predicted molar refractivity (Wildman–Crippen MR) is 121 cm³/mol. The van der Waals surface area contributed by atoms with Crippen LogP contribution in [0.1, 0.15) is 21.7 Å². The van der Waals surface area contributed by atoms with Crippen molar-refractivity contribution in [3.63, 3.8) is 0 Å². The highest BCUT2D eigenvalue weighted by molar-refractivity contribution is 5.92. The number of hydrogen-bond donors (Lipinski definition) is 1. The van der Waals surface area contributed by atoms with Crippen molar-refractivity contribution in [3.05, 3.63) is 71.8 Å². The van der Waals surface area contributed by atoms with Crippen LogP contribution in [0.5, 0.6) is 5.75 Å². The molecule has 8 nitrogen and oxygen atoms in total. The van der Waals surface area contributed by atoms with Crippen LogP contribution in [0.25, 0.3) is 0 Å². The van der Waals surface area contributed by atoms with E-state index in [2.05, 4.69) is 15.2 Å². The lowest BCUT2D eigenvalue weighted by atomic mass is 10.1. The molecule has 1 saturated heterocycles. The number of nitrogens with zero attached hydrogens (tertiary/aromatic N) is 3. The third-order valence-corrected chi connectivity index (χ3v) is 5.36. The molecule has 32 heavy (non-hydrogen) atoms. The molecule has 0 radical (unpaired) electrons. The van der Waals surface area contributed by atoms with Gasteiger partial charge in [0.1, 0.15) is 11.6 Å². The van der Waals surface area contributed by atoms with E-state index in [9.17, 15) is 9.59 Å². The van der Waals surface area contributed by atoms with E-state index in [0.717, 1.165) is 16.9 Å². The number of anilines is 2. The van der Waals surface area contributed by atoms with E-state index < -0.39 is 0 Å². The number of aryl methyl sites for hydroxylation is 2. The highest BCUT2D eigenvalue weighted by atomic mass is 16.5. The number of hydrogen-bond acceptors (Lipinski definition) is 6. The van der Waals surface area contributed by atoms with Crippen molar-refractivity contribution < 1.29 is 18.7 Å². The number of aromatic nitrogens is 1. The van der Waals surface area contributed by atoms with Crippen molar-refractivity contribution >= 4 is 23.3 Å². The third kappa shape index (κ3) is 5.08. The van der Waals surface area contributed by atoms with E-state index in [0.29, 0.717) is 43.4 Å². The molecule has 0 unspecified atom stereocenters. The number of benzene rings is 1. The lowest BCUT2D eigenvalue weighted by Crippen LogP contribution is -2.49. The quantitative estimate of drug-likeness (QED) is 0.641. The summed E-state index contributed by atoms with van der Waals surface area (Å²) in [5.74, 6) is 1.53. The topological polar surface area (TPSA) is 87.9 Å². The SMILES string of the molecule is Cc1ccc(C)c(OCC(=O)Nc2ccc(N3CCN(C(=O)c4ccco4)CC3)nc2)c1. The summed E-state index contributed by atoms with van der Waals surface area (Å²) < 4.78 is 10.8. The fourth-order valence-electron chi connectivity index (χ4n) is 3.54. The van der Waals surface area contributed by atoms with Crippen LogP contribution in [-0.2, 0) is 4.79 Å². The average Bonchev–Trinajstić information content (AvgIpc) is 3.35. The molecule has 1 aliphatic rings. The fourth-order valence-corrected chi connectivity index (χ4v) is 3.54. The zero-order valence-corrected chi connectivity index (χ0v) is 18.2. The van der Waals surface area contributed by atoms with Crippen LogP contribution in [0.2, 0.25) is 0 Å². The summed E-state index contributed by atoms with van der Waals surface area (Å²) in [4.78, 5) is 33.0. The maximum Gasteiger partial charge on any atom is 0.289 e. The lowest BCUT2D eigenvalue weighted by molar-refractivity contribution is -0.118. The average molecular weight is 434 g/mol. The summed E-state index contributed by atoms with van der Waals surface area (Å²) in [6.07, 6.45) is 3.13. The molecule has 0 bridgehead atoms. The molecule has 0 atom stereocenters. The Morgan fingerprint density at radius 2 is 1.91 bits per heavy atom. The van der Waals surface area contributed by atoms with Crippen LogP contribution in [0, 0.1) is 13.8 Å². The van der Waals surface area contributed by atoms with Crippen molar-refractivity contribution in [2.24, 2.45) is 0 Å². The molecule has 1 aliphatic heterocycles. The smallest absolute Gasteiger partial charge is 0.289 e. The number of carbonyl (C=O) groups is 2. The van der Waals surface area contributed by atoms with Crippen LogP contribution < -0.4 is 15.0 Å². The molecule has 1 aromatic carbocycles. The number of amides is 2. The maximum atomic E-state index is 12.4. The van der Waals surface area contributed by atoms with E-state index >= 15 is 0 Å². The Labute approximate surface area is 186 Å². The zero-order valence-electron chi connectivity index (χ0n) is 18.2. The molecule has 4 rings (SSSR count). The molecule has 166 valence electrons. The van der Waals surface area contributed by atoms with Gasteiger partial charge in [-0.15, -0.1) is 0 Å². The minimum absolute atomic E-state index is 0.0717. The summed E-state index contributed by atoms with van der Waals surface area (Å²) in [6.45, 7) is 6.39. The minimum atomic E-state index is -0.245. The highest BCUT2D eigenvalue weighted by Crippen LogP contribution is 2.20. The molecule has 8 heteroatoms. The van der Waals surface area contributed by atoms with Crippen LogP contribution in [0.15, 0.2) is 59.3 Å². The predicted octanol–water partition coefficient (Wildman–Crippen LogP) is 3.27. The van der Waals surface area contributed by atoms with Crippen LogP contribution in [0.4, 0.5) is 11.5 Å². The van der Waals surface area contributed by atoms with Gasteiger partial charge in [0.15, 0.2) is 12.4 Å². The first-order valence-electron chi connectivity index (χ1n) is 10.5. The van der Waals surface area contributed by atoms with E-state index in [4.69, 9.17) is 9.15 Å². The van der Waals surface area contributed by atoms with Gasteiger partial charge >= 0.3 is 0 Å². The molecule has 2 aromatic heterocycles. The first-order chi connectivity index (χ1) is 15.5. The number of nitrogens with one attached hydrogen (secondary N) is 1. The Kier molecular flexibility index (Phi) is 6.39. The second-order valence-corrected chi connectivity index (χ2v) is 7.77. The van der Waals surface area contributed by atoms with Crippen molar-refractivity contribution in [2.75, 3.05) is 43.0 Å². The number of carbonyl (C=O) groups excluding carboxylic acids is 2. The van der Waals surface area contributed by atoms with Crippen LogP contribution in [0.3, 0.4) is 0 Å². The summed E-state index contributed by atoms with van der Waals surface area (Å²) in [5, 5.41) is 2.81. The van der Waals surface area contributed by atoms with Crippen LogP contribution >= 0.6 is 0 Å². The van der Waals surface area contributed by atoms with E-state index in [1.807, 2.05) is 44.2 Å². The second kappa shape index (κ2) is 9.55. The van der Waals surface area contributed by atoms with Gasteiger partial charge in [-0.2, -0.15) is 0 Å². The van der Waals surface area contributed by atoms with Crippen molar-refractivity contribution in [2.45, 2.75) is 13.8 Å². The van der Waals surface area contributed by atoms with Gasteiger partial charge in [0, 0.05) is 26.2 Å². The fraction of sp³-hybridized carbons (Fsp3) is 0.292. The molecule has 0 spiro atoms. The first-order valence-corrected chi connectivity index (χ1v) is 10.5. The number of furan rings is 1. The second-order valence-electron chi connectivity index (χ2n) is 7.77. The van der Waals surface area contributed by atoms with Gasteiger partial charge in [0.05, 0.1) is 18.1 Å². The van der Waals surface area contributed by atoms with E-state index in [-0.39, 0.29) is 18.4 Å². The van der Waals surface area contributed by atoms with Gasteiger partial charge in [0.25, 0.3) is 11.8 Å². The number of piperazine rings is 1. The maximum absolute atomic E-state index is 12.4. The summed E-state index contributed by atoms with van der Waals surface area (Å²) in [7, 11) is 0. The Balaban J connectivity index is 1.26. The van der Waals surface area contributed by atoms with Gasteiger partial charge in [0.2, 0.25) is 0 Å². The summed E-state index contributed by atoms with van der Waals surface area (Å²) in [6, 6.07) is 13.0. The number of rotatable bonds is 6. The molecular weight excluding hydrogens is 408 g/mol. The standard InChI is InChI=1S/C24H26N4O4/c1-17-5-6-18(2)21(14-17)32-16-23(29)26-19-7-8-22(25-15-19)27-9-11-28(12-10-27)24(30)20-4-3-13-31-20/h3-8,13-15H,9-12,16H2,1-2H3,(H,26,29). The van der Waals surface area contributed by atoms with E-state index in [1.165, 1.54) is 6.26 Å². The number of pyridine rings is 1. The lowest BCUT2D eigenvalue weighted by Gasteiger charge is -2.35. The number of ether oxygens (including phenoxy) is 1. The largest absolute Gasteiger partial charge is 0.483 e. The minimum Gasteiger partial charge on any atom is -0.483 e. The van der Waals surface area contributed by atoms with E-state index in [1.54, 1.807) is 23.2 Å². The van der Waals surface area contributed by atoms with Crippen molar-refractivity contribution in [3.8, 4) is 5.75 Å². The Hall–Kier alpha value is -3.81. The third-order valence-electron chi connectivity index (χ3n) is 5.36. The molecule has 0 saturated carbocycles. The first kappa shape index (κ1) is 21.4.